The first-order chi connectivity index (χ1) is 19.6. The molecule has 9 nitrogen and oxygen atoms in total. The highest BCUT2D eigenvalue weighted by molar-refractivity contribution is 5.93. The van der Waals surface area contributed by atoms with Gasteiger partial charge in [0.25, 0.3) is 0 Å². The van der Waals surface area contributed by atoms with E-state index in [0.717, 1.165) is 42.8 Å². The Morgan fingerprint density at radius 1 is 1.05 bits per heavy atom. The lowest BCUT2D eigenvalue weighted by Gasteiger charge is -2.24. The van der Waals surface area contributed by atoms with E-state index in [-0.39, 0.29) is 11.9 Å². The van der Waals surface area contributed by atoms with Crippen molar-refractivity contribution in [2.24, 2.45) is 0 Å². The Morgan fingerprint density at radius 3 is 2.58 bits per heavy atom. The van der Waals surface area contributed by atoms with Crippen molar-refractivity contribution in [3.8, 4) is 23.0 Å². The van der Waals surface area contributed by atoms with Crippen LogP contribution in [-0.4, -0.2) is 69.7 Å². The number of anilines is 1. The van der Waals surface area contributed by atoms with Crippen molar-refractivity contribution >= 4 is 22.8 Å². The van der Waals surface area contributed by atoms with E-state index in [2.05, 4.69) is 32.4 Å². The number of hydrogen-bond acceptors (Lipinski definition) is 7. The van der Waals surface area contributed by atoms with Gasteiger partial charge in [0.05, 0.1) is 0 Å². The van der Waals surface area contributed by atoms with Crippen LogP contribution in [-0.2, 0) is 4.79 Å². The van der Waals surface area contributed by atoms with Crippen LogP contribution in [0.25, 0.3) is 11.0 Å². The fraction of sp³-hybridized carbons (Fsp3) is 0.323. The van der Waals surface area contributed by atoms with Gasteiger partial charge in [0.1, 0.15) is 28.4 Å². The molecule has 206 valence electrons. The molecule has 2 aromatic heterocycles. The molecular weight excluding hydrogens is 504 g/mol. The predicted molar refractivity (Wildman–Crippen MR) is 155 cm³/mol. The van der Waals surface area contributed by atoms with Gasteiger partial charge in [-0.05, 0) is 69.1 Å². The lowest BCUT2D eigenvalue weighted by atomic mass is 10.2. The minimum atomic E-state index is 0.0748. The summed E-state index contributed by atoms with van der Waals surface area (Å²) in [6, 6.07) is 19.8. The number of carbonyl (C=O) groups excluding carboxylic acids is 1. The van der Waals surface area contributed by atoms with Gasteiger partial charge in [0, 0.05) is 50.1 Å². The van der Waals surface area contributed by atoms with E-state index < -0.39 is 0 Å². The van der Waals surface area contributed by atoms with E-state index in [4.69, 9.17) is 9.47 Å². The molecule has 4 aromatic rings. The Kier molecular flexibility index (Phi) is 7.63. The largest absolute Gasteiger partial charge is 0.457 e. The van der Waals surface area contributed by atoms with Crippen molar-refractivity contribution < 1.29 is 14.3 Å². The summed E-state index contributed by atoms with van der Waals surface area (Å²) in [6.07, 6.45) is 9.88. The van der Waals surface area contributed by atoms with Gasteiger partial charge in [-0.15, -0.1) is 0 Å². The number of H-pyrrole nitrogens is 1. The number of nitrogens with one attached hydrogen (secondary N) is 2. The maximum Gasteiger partial charge on any atom is 0.246 e. The normalized spacial score (nSPS) is 17.1. The predicted octanol–water partition coefficient (Wildman–Crippen LogP) is 5.60. The van der Waals surface area contributed by atoms with Crippen molar-refractivity contribution in [2.75, 3.05) is 32.0 Å². The third-order valence-electron chi connectivity index (χ3n) is 7.44. The number of hydrogen-bond donors (Lipinski definition) is 2. The van der Waals surface area contributed by atoms with Crippen LogP contribution in [0, 0.1) is 0 Å². The number of rotatable bonds is 11. The van der Waals surface area contributed by atoms with Crippen molar-refractivity contribution in [1.29, 1.82) is 0 Å². The number of amides is 1. The number of para-hydroxylation sites is 1. The molecule has 1 amide bonds. The summed E-state index contributed by atoms with van der Waals surface area (Å²) < 4.78 is 12.1. The SMILES string of the molecule is CN(C/C=C/C(=O)N1CCC[C@H]1CNc1n[nH]c2nccc(Oc3ccc(Oc4ccccc4)cc3)c12)C1CC1. The first kappa shape index (κ1) is 25.9. The summed E-state index contributed by atoms with van der Waals surface area (Å²) in [7, 11) is 2.12. The summed E-state index contributed by atoms with van der Waals surface area (Å²) in [5.41, 5.74) is 0.631. The second-order valence-electron chi connectivity index (χ2n) is 10.4. The first-order valence-electron chi connectivity index (χ1n) is 13.9. The maximum atomic E-state index is 12.9. The van der Waals surface area contributed by atoms with Crippen molar-refractivity contribution in [3.05, 3.63) is 79.0 Å². The smallest absolute Gasteiger partial charge is 0.246 e. The van der Waals surface area contributed by atoms with Gasteiger partial charge in [0.2, 0.25) is 5.91 Å². The second-order valence-corrected chi connectivity index (χ2v) is 10.4. The third-order valence-corrected chi connectivity index (χ3v) is 7.44. The first-order valence-corrected chi connectivity index (χ1v) is 13.9. The number of likely N-dealkylation sites (tertiary alicyclic amines) is 1. The fourth-order valence-electron chi connectivity index (χ4n) is 5.10. The van der Waals surface area contributed by atoms with Gasteiger partial charge in [-0.1, -0.05) is 24.3 Å². The topological polar surface area (TPSA) is 95.6 Å². The molecular formula is C31H34N6O3. The molecule has 6 rings (SSSR count). The summed E-state index contributed by atoms with van der Waals surface area (Å²) in [4.78, 5) is 21.6. The zero-order valence-electron chi connectivity index (χ0n) is 22.6. The molecule has 0 bridgehead atoms. The molecule has 1 aliphatic heterocycles. The summed E-state index contributed by atoms with van der Waals surface area (Å²) >= 11 is 0. The number of benzene rings is 2. The highest BCUT2D eigenvalue weighted by Crippen LogP contribution is 2.34. The summed E-state index contributed by atoms with van der Waals surface area (Å²) in [6.45, 7) is 2.18. The molecule has 1 aliphatic carbocycles. The lowest BCUT2D eigenvalue weighted by Crippen LogP contribution is -2.38. The minimum Gasteiger partial charge on any atom is -0.457 e. The van der Waals surface area contributed by atoms with E-state index in [1.807, 2.05) is 71.6 Å². The quantitative estimate of drug-likeness (QED) is 0.240. The number of fused-ring (bicyclic) bond motifs is 1. The molecule has 2 aromatic carbocycles. The van der Waals surface area contributed by atoms with Crippen LogP contribution in [0.15, 0.2) is 79.0 Å². The number of carbonyl (C=O) groups is 1. The Morgan fingerprint density at radius 2 is 1.80 bits per heavy atom. The van der Waals surface area contributed by atoms with Gasteiger partial charge < -0.3 is 19.7 Å². The molecule has 0 radical (unpaired) electrons. The molecule has 0 unspecified atom stereocenters. The Bertz CT molecular complexity index is 1470. The highest BCUT2D eigenvalue weighted by atomic mass is 16.5. The molecule has 3 heterocycles. The van der Waals surface area contributed by atoms with Crippen LogP contribution in [0.1, 0.15) is 25.7 Å². The van der Waals surface area contributed by atoms with E-state index in [0.29, 0.717) is 35.6 Å². The monoisotopic (exact) mass is 538 g/mol. The summed E-state index contributed by atoms with van der Waals surface area (Å²) in [5.74, 6) is 3.55. The van der Waals surface area contributed by atoms with Crippen LogP contribution in [0.2, 0.25) is 0 Å². The highest BCUT2D eigenvalue weighted by Gasteiger charge is 2.28. The minimum absolute atomic E-state index is 0.0748. The molecule has 40 heavy (non-hydrogen) atoms. The van der Waals surface area contributed by atoms with Crippen LogP contribution in [0.3, 0.4) is 0 Å². The molecule has 1 saturated carbocycles. The van der Waals surface area contributed by atoms with Crippen molar-refractivity contribution in [2.45, 2.75) is 37.8 Å². The van der Waals surface area contributed by atoms with Crippen LogP contribution >= 0.6 is 0 Å². The number of aromatic amines is 1. The van der Waals surface area contributed by atoms with E-state index >= 15 is 0 Å². The van der Waals surface area contributed by atoms with E-state index in [1.165, 1.54) is 12.8 Å². The van der Waals surface area contributed by atoms with Gasteiger partial charge in [-0.2, -0.15) is 5.10 Å². The number of aromatic nitrogens is 3. The van der Waals surface area contributed by atoms with E-state index in [9.17, 15) is 4.79 Å². The second kappa shape index (κ2) is 11.8. The van der Waals surface area contributed by atoms with Gasteiger partial charge >= 0.3 is 0 Å². The maximum absolute atomic E-state index is 12.9. The standard InChI is InChI=1S/C31H34N6O3/c1-36(22-11-12-22)19-6-10-28(38)37-20-5-7-23(37)21-33-31-29-27(17-18-32-30(29)34-35-31)40-26-15-13-25(14-16-26)39-24-8-3-2-4-9-24/h2-4,6,8-10,13-18,22-23H,5,7,11-12,19-21H2,1H3,(H2,32,33,34,35)/b10-6+/t23-/m0/s1. The Balaban J connectivity index is 1.10. The van der Waals surface area contributed by atoms with Crippen LogP contribution in [0.5, 0.6) is 23.0 Å². The average molecular weight is 539 g/mol. The average Bonchev–Trinajstić information content (AvgIpc) is 3.58. The summed E-state index contributed by atoms with van der Waals surface area (Å²) in [5, 5.41) is 11.7. The Labute approximate surface area is 233 Å². The van der Waals surface area contributed by atoms with Crippen LogP contribution < -0.4 is 14.8 Å². The molecule has 2 fully saturated rings. The van der Waals surface area contributed by atoms with Crippen molar-refractivity contribution in [3.63, 3.8) is 0 Å². The molecule has 2 N–H and O–H groups in total. The van der Waals surface area contributed by atoms with E-state index in [1.54, 1.807) is 12.3 Å². The number of likely N-dealkylation sites (N-methyl/N-ethyl adjacent to an activating group) is 1. The van der Waals surface area contributed by atoms with Crippen LogP contribution in [0.4, 0.5) is 5.82 Å². The number of nitrogens with zero attached hydrogens (tertiary/aromatic N) is 4. The Hall–Kier alpha value is -4.37. The molecule has 2 aliphatic rings. The third kappa shape index (κ3) is 6.10. The zero-order chi connectivity index (χ0) is 27.3. The number of ether oxygens (including phenoxy) is 2. The molecule has 1 saturated heterocycles. The molecule has 9 heteroatoms. The van der Waals surface area contributed by atoms with Gasteiger partial charge in [0.15, 0.2) is 11.5 Å². The fourth-order valence-corrected chi connectivity index (χ4v) is 5.10. The van der Waals surface area contributed by atoms with Gasteiger partial charge in [-0.25, -0.2) is 4.98 Å². The molecule has 0 spiro atoms. The van der Waals surface area contributed by atoms with Crippen molar-refractivity contribution in [1.82, 2.24) is 25.0 Å². The molecule has 1 atom stereocenters. The lowest BCUT2D eigenvalue weighted by molar-refractivity contribution is -0.126. The van der Waals surface area contributed by atoms with Gasteiger partial charge in [-0.3, -0.25) is 14.8 Å². The zero-order valence-corrected chi connectivity index (χ0v) is 22.6. The number of pyridine rings is 1.